The fraction of sp³-hybridized carbons (Fsp3) is 0.429. The Hall–Kier alpha value is -2.84. The van der Waals surface area contributed by atoms with E-state index >= 15 is 0 Å². The van der Waals surface area contributed by atoms with Gasteiger partial charge in [-0.2, -0.15) is 0 Å². The molecular formula is C21H28N6O2. The molecular weight excluding hydrogens is 368 g/mol. The molecule has 154 valence electrons. The van der Waals surface area contributed by atoms with E-state index in [1.54, 1.807) is 6.08 Å². The molecule has 8 nitrogen and oxygen atoms in total. The number of ether oxygens (including phenoxy) is 1. The van der Waals surface area contributed by atoms with Crippen molar-refractivity contribution in [2.75, 3.05) is 26.2 Å². The van der Waals surface area contributed by atoms with E-state index < -0.39 is 5.79 Å². The first-order chi connectivity index (χ1) is 14.1. The van der Waals surface area contributed by atoms with Crippen LogP contribution in [-0.4, -0.2) is 47.9 Å². The second-order valence-electron chi connectivity index (χ2n) is 7.57. The normalized spacial score (nSPS) is 22.5. The highest BCUT2D eigenvalue weighted by atomic mass is 16.5. The van der Waals surface area contributed by atoms with Crippen LogP contribution in [0.4, 0.5) is 0 Å². The highest BCUT2D eigenvalue weighted by molar-refractivity contribution is 5.92. The van der Waals surface area contributed by atoms with E-state index in [0.29, 0.717) is 30.5 Å². The first-order valence-corrected chi connectivity index (χ1v) is 10.1. The summed E-state index contributed by atoms with van der Waals surface area (Å²) in [5, 5.41) is 7.27. The number of nitrogens with one attached hydrogen (secondary N) is 1. The molecule has 1 aromatic carbocycles. The molecule has 8 heteroatoms. The highest BCUT2D eigenvalue weighted by Gasteiger charge is 2.31. The van der Waals surface area contributed by atoms with Crippen LogP contribution >= 0.6 is 0 Å². The van der Waals surface area contributed by atoms with Crippen LogP contribution in [0.25, 0.3) is 11.3 Å². The molecule has 5 N–H and O–H groups in total. The summed E-state index contributed by atoms with van der Waals surface area (Å²) in [4.78, 5) is 6.76. The topological polar surface area (TPSA) is 115 Å². The minimum atomic E-state index is -1.15. The molecule has 1 saturated heterocycles. The Bertz CT molecular complexity index is 872. The summed E-state index contributed by atoms with van der Waals surface area (Å²) in [6.45, 7) is 3.73. The molecule has 1 fully saturated rings. The van der Waals surface area contributed by atoms with E-state index in [1.165, 1.54) is 19.3 Å². The Labute approximate surface area is 170 Å². The lowest BCUT2D eigenvalue weighted by Crippen LogP contribution is -2.56. The number of piperidine rings is 1. The maximum atomic E-state index is 6.44. The van der Waals surface area contributed by atoms with Gasteiger partial charge in [-0.1, -0.05) is 41.9 Å². The van der Waals surface area contributed by atoms with E-state index in [2.05, 4.69) is 20.4 Å². The molecule has 1 atom stereocenters. The van der Waals surface area contributed by atoms with Gasteiger partial charge in [0.1, 0.15) is 23.9 Å². The number of likely N-dealkylation sites (tertiary alicyclic amines) is 1. The van der Waals surface area contributed by atoms with E-state index in [9.17, 15) is 0 Å². The fourth-order valence-corrected chi connectivity index (χ4v) is 3.71. The van der Waals surface area contributed by atoms with Crippen LogP contribution in [0.1, 0.15) is 25.0 Å². The third kappa shape index (κ3) is 5.16. The van der Waals surface area contributed by atoms with Crippen LogP contribution in [0.5, 0.6) is 0 Å². The van der Waals surface area contributed by atoms with Gasteiger partial charge in [0.05, 0.1) is 6.42 Å². The van der Waals surface area contributed by atoms with Crippen molar-refractivity contribution < 1.29 is 9.26 Å². The van der Waals surface area contributed by atoms with Crippen molar-refractivity contribution in [3.63, 3.8) is 0 Å². The summed E-state index contributed by atoms with van der Waals surface area (Å²) in [6.07, 6.45) is 5.79. The quantitative estimate of drug-likeness (QED) is 0.654. The Morgan fingerprint density at radius 1 is 1.17 bits per heavy atom. The Balaban J connectivity index is 1.35. The third-order valence-corrected chi connectivity index (χ3v) is 5.13. The third-order valence-electron chi connectivity index (χ3n) is 5.13. The number of nitrogens with zero attached hydrogens (tertiary/aromatic N) is 3. The summed E-state index contributed by atoms with van der Waals surface area (Å²) in [5.74, 6) is 0.319. The van der Waals surface area contributed by atoms with Crippen molar-refractivity contribution in [3.8, 4) is 11.3 Å². The molecule has 0 radical (unpaired) electrons. The Morgan fingerprint density at radius 2 is 1.97 bits per heavy atom. The van der Waals surface area contributed by atoms with Gasteiger partial charge in [0.15, 0.2) is 11.7 Å². The van der Waals surface area contributed by atoms with Crippen LogP contribution in [0.2, 0.25) is 0 Å². The minimum absolute atomic E-state index is 0.292. The molecule has 4 rings (SSSR count). The first-order valence-electron chi connectivity index (χ1n) is 10.1. The largest absolute Gasteiger partial charge is 0.478 e. The smallest absolute Gasteiger partial charge is 0.194 e. The predicted octanol–water partition coefficient (Wildman–Crippen LogP) is 1.80. The van der Waals surface area contributed by atoms with Crippen LogP contribution in [0, 0.1) is 0 Å². The molecule has 0 saturated carbocycles. The second kappa shape index (κ2) is 8.67. The number of benzene rings is 1. The summed E-state index contributed by atoms with van der Waals surface area (Å²) in [6, 6.07) is 11.7. The molecule has 1 aromatic heterocycles. The van der Waals surface area contributed by atoms with Crippen LogP contribution in [-0.2, 0) is 11.2 Å². The lowest BCUT2D eigenvalue weighted by atomic mass is 10.1. The molecule has 0 aliphatic carbocycles. The van der Waals surface area contributed by atoms with Gasteiger partial charge in [0.25, 0.3) is 0 Å². The molecule has 29 heavy (non-hydrogen) atoms. The van der Waals surface area contributed by atoms with Gasteiger partial charge in [-0.25, -0.2) is 4.99 Å². The van der Waals surface area contributed by atoms with Gasteiger partial charge in [-0.05, 0) is 25.9 Å². The lowest BCUT2D eigenvalue weighted by Gasteiger charge is -2.31. The maximum absolute atomic E-state index is 6.44. The van der Waals surface area contributed by atoms with Crippen molar-refractivity contribution in [2.24, 2.45) is 16.5 Å². The number of hydrogen-bond donors (Lipinski definition) is 3. The molecule has 2 aliphatic heterocycles. The van der Waals surface area contributed by atoms with Crippen molar-refractivity contribution in [2.45, 2.75) is 31.5 Å². The molecule has 2 aromatic rings. The average molecular weight is 396 g/mol. The standard InChI is InChI=1S/C21H28N6O2/c22-19-14-20(28-12-11-27-9-5-2-6-10-27)25-21(23,24-19)15-17-13-18(26-29-17)16-7-3-1-4-8-16/h1,3-4,7-8,13-14,25H,2,5-6,9-12,15,23H2,(H2,22,24). The van der Waals surface area contributed by atoms with E-state index in [4.69, 9.17) is 20.7 Å². The summed E-state index contributed by atoms with van der Waals surface area (Å²) in [7, 11) is 0. The molecule has 1 unspecified atom stereocenters. The van der Waals surface area contributed by atoms with Gasteiger partial charge < -0.3 is 20.3 Å². The molecule has 0 amide bonds. The van der Waals surface area contributed by atoms with Crippen molar-refractivity contribution >= 4 is 5.84 Å². The zero-order valence-corrected chi connectivity index (χ0v) is 16.5. The number of amidine groups is 1. The van der Waals surface area contributed by atoms with Gasteiger partial charge in [-0.3, -0.25) is 10.6 Å². The van der Waals surface area contributed by atoms with Gasteiger partial charge in [-0.15, -0.1) is 0 Å². The Kier molecular flexibility index (Phi) is 5.82. The zero-order chi connectivity index (χ0) is 20.1. The van der Waals surface area contributed by atoms with Gasteiger partial charge in [0.2, 0.25) is 0 Å². The SMILES string of the molecule is NC1=NC(N)(Cc2cc(-c3ccccc3)no2)NC(OCCN2CCCCC2)=C1. The first kappa shape index (κ1) is 19.5. The second-order valence-corrected chi connectivity index (χ2v) is 7.57. The van der Waals surface area contributed by atoms with E-state index in [0.717, 1.165) is 30.9 Å². The van der Waals surface area contributed by atoms with Crippen LogP contribution in [0.15, 0.2) is 57.9 Å². The predicted molar refractivity (Wildman–Crippen MR) is 112 cm³/mol. The zero-order valence-electron chi connectivity index (χ0n) is 16.5. The molecule has 2 aliphatic rings. The monoisotopic (exact) mass is 396 g/mol. The maximum Gasteiger partial charge on any atom is 0.194 e. The van der Waals surface area contributed by atoms with Crippen molar-refractivity contribution in [1.82, 2.24) is 15.4 Å². The summed E-state index contributed by atoms with van der Waals surface area (Å²) < 4.78 is 11.4. The molecule has 0 bridgehead atoms. The molecule has 0 spiro atoms. The summed E-state index contributed by atoms with van der Waals surface area (Å²) in [5.41, 5.74) is 14.2. The lowest BCUT2D eigenvalue weighted by molar-refractivity contribution is 0.119. The Morgan fingerprint density at radius 3 is 2.76 bits per heavy atom. The highest BCUT2D eigenvalue weighted by Crippen LogP contribution is 2.22. The fourth-order valence-electron chi connectivity index (χ4n) is 3.71. The van der Waals surface area contributed by atoms with E-state index in [1.807, 2.05) is 36.4 Å². The number of aromatic nitrogens is 1. The summed E-state index contributed by atoms with van der Waals surface area (Å²) >= 11 is 0. The molecule has 3 heterocycles. The average Bonchev–Trinajstić information content (AvgIpc) is 3.16. The number of hydrogen-bond acceptors (Lipinski definition) is 8. The van der Waals surface area contributed by atoms with Crippen LogP contribution in [0.3, 0.4) is 0 Å². The van der Waals surface area contributed by atoms with Gasteiger partial charge >= 0.3 is 0 Å². The number of nitrogens with two attached hydrogens (primary N) is 2. The number of rotatable bonds is 7. The van der Waals surface area contributed by atoms with Gasteiger partial charge in [0, 0.05) is 24.3 Å². The van der Waals surface area contributed by atoms with Crippen molar-refractivity contribution in [3.05, 3.63) is 54.1 Å². The minimum Gasteiger partial charge on any atom is -0.478 e. The van der Waals surface area contributed by atoms with Crippen molar-refractivity contribution in [1.29, 1.82) is 0 Å². The number of aliphatic imine (C=N–C) groups is 1. The van der Waals surface area contributed by atoms with Crippen LogP contribution < -0.4 is 16.8 Å². The van der Waals surface area contributed by atoms with E-state index in [-0.39, 0.29) is 0 Å².